The molecule has 1 unspecified atom stereocenters. The maximum absolute atomic E-state index is 13.3. The molecule has 3 amide bonds. The number of ether oxygens (including phenoxy) is 1. The second-order valence-electron chi connectivity index (χ2n) is 8.55. The fourth-order valence-electron chi connectivity index (χ4n) is 3.65. The average Bonchev–Trinajstić information content (AvgIpc) is 3.26. The van der Waals surface area contributed by atoms with Crippen LogP contribution in [0.15, 0.2) is 59.5 Å². The number of nitrogens with one attached hydrogen (secondary N) is 3. The van der Waals surface area contributed by atoms with E-state index < -0.39 is 29.0 Å². The van der Waals surface area contributed by atoms with Crippen LogP contribution in [-0.2, 0) is 19.1 Å². The molecule has 0 bridgehead atoms. The molecule has 0 aliphatic heterocycles. The Bertz CT molecular complexity index is 1410. The fraction of sp³-hybridized carbons (Fsp3) is 0.250. The topological polar surface area (TPSA) is 151 Å². The maximum Gasteiger partial charge on any atom is 0.341 e. The monoisotopic (exact) mass is 583 g/mol. The molecule has 0 aliphatic carbocycles. The van der Waals surface area contributed by atoms with Crippen molar-refractivity contribution in [1.29, 1.82) is 0 Å². The summed E-state index contributed by atoms with van der Waals surface area (Å²) in [6.07, 6.45) is 0.0233. The first kappa shape index (κ1) is 30.4. The van der Waals surface area contributed by atoms with Gasteiger partial charge in [0.1, 0.15) is 5.00 Å². The number of aliphatic carboxylic acids is 1. The second kappa shape index (κ2) is 14.3. The number of benzene rings is 2. The third-order valence-corrected chi connectivity index (χ3v) is 8.20. The first-order chi connectivity index (χ1) is 19.1. The second-order valence-corrected chi connectivity index (χ2v) is 10.8. The zero-order valence-electron chi connectivity index (χ0n) is 22.1. The highest BCUT2D eigenvalue weighted by Crippen LogP contribution is 2.36. The lowest BCUT2D eigenvalue weighted by molar-refractivity contribution is -0.138. The van der Waals surface area contributed by atoms with Gasteiger partial charge in [-0.15, -0.1) is 23.1 Å². The standard InChI is InChI=1S/C28H29N3O7S2/c1-4-20(39-19-12-8-11-18(15-19)29-21(32)13-14-22(33)34)25(35)31-27-23(28(37)38-3)16(2)24(40-27)26(36)30-17-9-6-5-7-10-17/h5-12,15,20H,4,13-14H2,1-3H3,(H,29,32)(H,30,36)(H,31,35)(H,33,34). The normalized spacial score (nSPS) is 11.3. The van der Waals surface area contributed by atoms with E-state index in [0.717, 1.165) is 11.3 Å². The van der Waals surface area contributed by atoms with Crippen LogP contribution >= 0.6 is 23.1 Å². The molecular formula is C28H29N3O7S2. The molecule has 10 nitrogen and oxygen atoms in total. The lowest BCUT2D eigenvalue weighted by atomic mass is 10.1. The minimum absolute atomic E-state index is 0.116. The minimum atomic E-state index is -1.06. The summed E-state index contributed by atoms with van der Waals surface area (Å²) >= 11 is 2.26. The van der Waals surface area contributed by atoms with Crippen LogP contribution in [0, 0.1) is 6.92 Å². The summed E-state index contributed by atoms with van der Waals surface area (Å²) < 4.78 is 4.92. The summed E-state index contributed by atoms with van der Waals surface area (Å²) in [7, 11) is 1.23. The predicted molar refractivity (Wildman–Crippen MR) is 155 cm³/mol. The van der Waals surface area contributed by atoms with E-state index in [0.29, 0.717) is 28.3 Å². The third kappa shape index (κ3) is 8.17. The molecule has 0 saturated heterocycles. The quantitative estimate of drug-likeness (QED) is 0.163. The van der Waals surface area contributed by atoms with Crippen LogP contribution in [0.3, 0.4) is 0 Å². The van der Waals surface area contributed by atoms with Crippen molar-refractivity contribution < 1.29 is 33.8 Å². The molecule has 4 N–H and O–H groups in total. The third-order valence-electron chi connectivity index (χ3n) is 5.64. The maximum atomic E-state index is 13.3. The SMILES string of the molecule is CCC(Sc1cccc(NC(=O)CCC(=O)O)c1)C(=O)Nc1sc(C(=O)Nc2ccccc2)c(C)c1C(=O)OC. The number of thiophene rings is 1. The summed E-state index contributed by atoms with van der Waals surface area (Å²) in [6, 6.07) is 15.7. The first-order valence-corrected chi connectivity index (χ1v) is 14.0. The van der Waals surface area contributed by atoms with Gasteiger partial charge in [-0.25, -0.2) is 4.79 Å². The Labute approximate surface area is 239 Å². The van der Waals surface area contributed by atoms with Gasteiger partial charge in [0.15, 0.2) is 0 Å². The number of carbonyl (C=O) groups excluding carboxylic acids is 4. The van der Waals surface area contributed by atoms with Crippen LogP contribution in [0.2, 0.25) is 0 Å². The van der Waals surface area contributed by atoms with E-state index in [4.69, 9.17) is 9.84 Å². The van der Waals surface area contributed by atoms with E-state index in [1.54, 1.807) is 55.5 Å². The highest BCUT2D eigenvalue weighted by molar-refractivity contribution is 8.00. The van der Waals surface area contributed by atoms with Crippen molar-refractivity contribution in [2.75, 3.05) is 23.1 Å². The van der Waals surface area contributed by atoms with Crippen molar-refractivity contribution >= 4 is 69.1 Å². The van der Waals surface area contributed by atoms with E-state index in [9.17, 15) is 24.0 Å². The molecule has 0 fully saturated rings. The molecule has 3 rings (SSSR count). The Balaban J connectivity index is 1.76. The highest BCUT2D eigenvalue weighted by Gasteiger charge is 2.28. The van der Waals surface area contributed by atoms with Crippen LogP contribution in [0.4, 0.5) is 16.4 Å². The number of methoxy groups -OCH3 is 1. The highest BCUT2D eigenvalue weighted by atomic mass is 32.2. The van der Waals surface area contributed by atoms with E-state index in [2.05, 4.69) is 16.0 Å². The minimum Gasteiger partial charge on any atom is -0.481 e. The van der Waals surface area contributed by atoms with Gasteiger partial charge in [0.2, 0.25) is 11.8 Å². The number of rotatable bonds is 12. The van der Waals surface area contributed by atoms with Crippen molar-refractivity contribution in [3.05, 3.63) is 70.6 Å². The molecule has 1 atom stereocenters. The molecule has 2 aromatic carbocycles. The van der Waals surface area contributed by atoms with Crippen molar-refractivity contribution in [2.45, 2.75) is 43.3 Å². The number of esters is 1. The predicted octanol–water partition coefficient (Wildman–Crippen LogP) is 5.41. The van der Waals surface area contributed by atoms with Gasteiger partial charge in [0, 0.05) is 22.7 Å². The van der Waals surface area contributed by atoms with Gasteiger partial charge < -0.3 is 25.8 Å². The molecule has 1 aromatic heterocycles. The number of thioether (sulfide) groups is 1. The lowest BCUT2D eigenvalue weighted by Crippen LogP contribution is -2.25. The molecule has 0 radical (unpaired) electrons. The summed E-state index contributed by atoms with van der Waals surface area (Å²) in [6.45, 7) is 3.47. The van der Waals surface area contributed by atoms with Crippen molar-refractivity contribution in [1.82, 2.24) is 0 Å². The number of carbonyl (C=O) groups is 5. The fourth-order valence-corrected chi connectivity index (χ4v) is 5.75. The van der Waals surface area contributed by atoms with Crippen LogP contribution in [0.1, 0.15) is 51.8 Å². The number of carboxylic acid groups (broad SMARTS) is 1. The summed E-state index contributed by atoms with van der Waals surface area (Å²) in [5, 5.41) is 16.7. The largest absolute Gasteiger partial charge is 0.481 e. The van der Waals surface area contributed by atoms with Crippen LogP contribution in [0.5, 0.6) is 0 Å². The van der Waals surface area contributed by atoms with Crippen molar-refractivity contribution in [3.63, 3.8) is 0 Å². The zero-order chi connectivity index (χ0) is 29.2. The zero-order valence-corrected chi connectivity index (χ0v) is 23.7. The van der Waals surface area contributed by atoms with Gasteiger partial charge >= 0.3 is 11.9 Å². The lowest BCUT2D eigenvalue weighted by Gasteiger charge is -2.15. The molecule has 1 heterocycles. The number of hydrogen-bond donors (Lipinski definition) is 4. The average molecular weight is 584 g/mol. The summed E-state index contributed by atoms with van der Waals surface area (Å²) in [4.78, 5) is 62.6. The number of para-hydroxylation sites is 1. The Hall–Kier alpha value is -4.16. The van der Waals surface area contributed by atoms with E-state index in [-0.39, 0.29) is 34.2 Å². The van der Waals surface area contributed by atoms with Gasteiger partial charge in [-0.2, -0.15) is 0 Å². The molecule has 210 valence electrons. The smallest absolute Gasteiger partial charge is 0.341 e. The first-order valence-electron chi connectivity index (χ1n) is 12.3. The number of anilines is 3. The van der Waals surface area contributed by atoms with Crippen molar-refractivity contribution in [3.8, 4) is 0 Å². The molecule has 0 spiro atoms. The Morgan fingerprint density at radius 2 is 1.65 bits per heavy atom. The number of amides is 3. The van der Waals surface area contributed by atoms with Gasteiger partial charge in [0.05, 0.1) is 29.2 Å². The molecule has 12 heteroatoms. The summed E-state index contributed by atoms with van der Waals surface area (Å²) in [5.74, 6) is -2.94. The number of hydrogen-bond acceptors (Lipinski definition) is 8. The Morgan fingerprint density at radius 3 is 2.30 bits per heavy atom. The Kier molecular flexibility index (Phi) is 10.9. The van der Waals surface area contributed by atoms with Gasteiger partial charge in [-0.05, 0) is 49.2 Å². The van der Waals surface area contributed by atoms with Crippen molar-refractivity contribution in [2.24, 2.45) is 0 Å². The molecular weight excluding hydrogens is 554 g/mol. The summed E-state index contributed by atoms with van der Waals surface area (Å²) in [5.41, 5.74) is 1.58. The Morgan fingerprint density at radius 1 is 0.950 bits per heavy atom. The van der Waals surface area contributed by atoms with Crippen LogP contribution in [0.25, 0.3) is 0 Å². The van der Waals surface area contributed by atoms with E-state index >= 15 is 0 Å². The van der Waals surface area contributed by atoms with Gasteiger partial charge in [-0.1, -0.05) is 31.2 Å². The molecule has 40 heavy (non-hydrogen) atoms. The molecule has 0 aliphatic rings. The van der Waals surface area contributed by atoms with E-state index in [1.165, 1.54) is 18.9 Å². The van der Waals surface area contributed by atoms with Gasteiger partial charge in [0.25, 0.3) is 5.91 Å². The van der Waals surface area contributed by atoms with E-state index in [1.807, 2.05) is 13.0 Å². The number of carboxylic acids is 1. The van der Waals surface area contributed by atoms with Crippen LogP contribution < -0.4 is 16.0 Å². The molecule has 0 saturated carbocycles. The van der Waals surface area contributed by atoms with Crippen LogP contribution in [-0.4, -0.2) is 47.1 Å². The molecule has 3 aromatic rings. The van der Waals surface area contributed by atoms with Gasteiger partial charge in [-0.3, -0.25) is 19.2 Å².